The predicted octanol–water partition coefficient (Wildman–Crippen LogP) is 5.43. The minimum atomic E-state index is -2.93. The Kier molecular flexibility index (Phi) is 5.78. The van der Waals surface area contributed by atoms with E-state index < -0.39 is 110 Å². The van der Waals surface area contributed by atoms with E-state index in [9.17, 15) is 53.3 Å². The Morgan fingerprint density at radius 2 is 0.886 bits per heavy atom. The topological polar surface area (TPSA) is 29.5 Å². The van der Waals surface area contributed by atoms with Crippen LogP contribution in [0.25, 0.3) is 21.5 Å². The van der Waals surface area contributed by atoms with Gasteiger partial charge in [-0.2, -0.15) is 4.39 Å². The first kappa shape index (κ1) is 24.5. The third-order valence-electron chi connectivity index (χ3n) is 4.99. The van der Waals surface area contributed by atoms with E-state index >= 15 is 4.39 Å². The molecule has 1 N–H and O–H groups in total. The molecule has 0 aromatic heterocycles. The van der Waals surface area contributed by atoms with Crippen molar-refractivity contribution in [3.05, 3.63) is 81.9 Å². The van der Waals surface area contributed by atoms with Crippen LogP contribution >= 0.6 is 0 Å². The third kappa shape index (κ3) is 3.36. The molecule has 4 aromatic rings. The van der Waals surface area contributed by atoms with E-state index in [2.05, 4.69) is 4.65 Å². The first-order valence-corrected chi connectivity index (χ1v) is 8.92. The molecule has 4 aromatic carbocycles. The third-order valence-corrected chi connectivity index (χ3v) is 4.99. The maximum Gasteiger partial charge on any atom is 0.563 e. The second kappa shape index (κ2) is 8.25. The lowest BCUT2D eigenvalue weighted by molar-refractivity contribution is 0.386. The van der Waals surface area contributed by atoms with Crippen molar-refractivity contribution in [3.63, 3.8) is 0 Å². The van der Waals surface area contributed by atoms with E-state index in [0.29, 0.717) is 6.07 Å². The van der Waals surface area contributed by atoms with Crippen LogP contribution in [-0.2, 0) is 0 Å². The zero-order chi connectivity index (χ0) is 26.1. The van der Waals surface area contributed by atoms with Crippen LogP contribution in [0.1, 0.15) is 0 Å². The van der Waals surface area contributed by atoms with Crippen LogP contribution in [-0.4, -0.2) is 12.1 Å². The van der Waals surface area contributed by atoms with E-state index in [-0.39, 0.29) is 6.07 Å². The Hall–Kier alpha value is -3.62. The first-order valence-electron chi connectivity index (χ1n) is 8.92. The molecule has 0 unspecified atom stereocenters. The normalized spacial score (nSPS) is 11.6. The second-order valence-electron chi connectivity index (χ2n) is 6.89. The lowest BCUT2D eigenvalue weighted by Gasteiger charge is -2.18. The minimum absolute atomic E-state index is 0.253. The number of hydrogen-bond donors (Lipinski definition) is 1. The monoisotopic (exact) mass is 514 g/mol. The van der Waals surface area contributed by atoms with Crippen LogP contribution in [0, 0.1) is 69.8 Å². The molecule has 15 heteroatoms. The molecule has 0 aliphatic carbocycles. The highest BCUT2D eigenvalue weighted by atomic mass is 19.2. The highest BCUT2D eigenvalue weighted by Crippen LogP contribution is 2.43. The Morgan fingerprint density at radius 1 is 0.457 bits per heavy atom. The average Bonchev–Trinajstić information content (AvgIpc) is 2.82. The van der Waals surface area contributed by atoms with Crippen molar-refractivity contribution in [2.24, 2.45) is 0 Å². The molecule has 0 bridgehead atoms. The number of rotatable bonds is 3. The summed E-state index contributed by atoms with van der Waals surface area (Å²) in [6.45, 7) is 0. The van der Waals surface area contributed by atoms with Crippen molar-refractivity contribution in [1.29, 1.82) is 0 Å². The fraction of sp³-hybridized carbons (Fsp3) is 0. The van der Waals surface area contributed by atoms with Gasteiger partial charge in [-0.15, -0.1) is 0 Å². The van der Waals surface area contributed by atoms with Gasteiger partial charge < -0.3 is 9.68 Å². The largest absolute Gasteiger partial charge is 0.563 e. The minimum Gasteiger partial charge on any atom is -0.530 e. The summed E-state index contributed by atoms with van der Waals surface area (Å²) in [7, 11) is -2.93. The van der Waals surface area contributed by atoms with Gasteiger partial charge in [0.05, 0.1) is 21.5 Å². The molecule has 0 saturated carbocycles. The van der Waals surface area contributed by atoms with Gasteiger partial charge in [0.25, 0.3) is 0 Å². The van der Waals surface area contributed by atoms with Crippen molar-refractivity contribution in [3.8, 4) is 5.75 Å². The molecule has 35 heavy (non-hydrogen) atoms. The molecule has 0 heterocycles. The Bertz CT molecular complexity index is 1570. The van der Waals surface area contributed by atoms with E-state index in [4.69, 9.17) is 0 Å². The molecule has 0 spiro atoms. The molecule has 0 saturated heterocycles. The van der Waals surface area contributed by atoms with Gasteiger partial charge in [-0.3, -0.25) is 0 Å². The number of halogens is 12. The zero-order valence-electron chi connectivity index (χ0n) is 16.1. The highest BCUT2D eigenvalue weighted by Gasteiger charge is 2.36. The summed E-state index contributed by atoms with van der Waals surface area (Å²) in [5.41, 5.74) is -1.30. The number of hydrogen-bond acceptors (Lipinski definition) is 2. The maximum atomic E-state index is 15.1. The number of fused-ring (bicyclic) bond motifs is 2. The summed E-state index contributed by atoms with van der Waals surface area (Å²) >= 11 is 0. The van der Waals surface area contributed by atoms with Gasteiger partial charge in [-0.05, 0) is 6.07 Å². The molecule has 0 fully saturated rings. The van der Waals surface area contributed by atoms with Gasteiger partial charge in [0.15, 0.2) is 58.1 Å². The van der Waals surface area contributed by atoms with Crippen molar-refractivity contribution in [2.45, 2.75) is 0 Å². The fourth-order valence-corrected chi connectivity index (χ4v) is 3.37. The summed E-state index contributed by atoms with van der Waals surface area (Å²) in [4.78, 5) is 0. The van der Waals surface area contributed by atoms with E-state index in [0.717, 1.165) is 0 Å². The van der Waals surface area contributed by atoms with Gasteiger partial charge in [0, 0.05) is 5.46 Å². The molecule has 4 rings (SSSR count). The van der Waals surface area contributed by atoms with Crippen molar-refractivity contribution in [1.82, 2.24) is 0 Å². The molecule has 0 amide bonds. The van der Waals surface area contributed by atoms with Gasteiger partial charge in [-0.25, -0.2) is 48.3 Å². The molecule has 0 radical (unpaired) electrons. The summed E-state index contributed by atoms with van der Waals surface area (Å²) < 4.78 is 173. The highest BCUT2D eigenvalue weighted by molar-refractivity contribution is 6.60. The van der Waals surface area contributed by atoms with Crippen LogP contribution in [0.5, 0.6) is 5.75 Å². The lowest BCUT2D eigenvalue weighted by Crippen LogP contribution is -2.40. The van der Waals surface area contributed by atoms with Gasteiger partial charge in [0.2, 0.25) is 5.82 Å². The molecule has 182 valence electrons. The zero-order valence-corrected chi connectivity index (χ0v) is 16.1. The van der Waals surface area contributed by atoms with Crippen molar-refractivity contribution >= 4 is 34.1 Å². The van der Waals surface area contributed by atoms with Crippen molar-refractivity contribution < 1.29 is 62.4 Å². The molecular formula is C20H3BF12O2. The van der Waals surface area contributed by atoms with Gasteiger partial charge in [0.1, 0.15) is 11.6 Å². The molecular weight excluding hydrogens is 511 g/mol. The fourth-order valence-electron chi connectivity index (χ4n) is 3.37. The Balaban J connectivity index is 2.12. The summed E-state index contributed by atoms with van der Waals surface area (Å²) in [6.07, 6.45) is 0. The van der Waals surface area contributed by atoms with Crippen LogP contribution in [0.3, 0.4) is 0 Å². The van der Waals surface area contributed by atoms with Crippen molar-refractivity contribution in [2.75, 3.05) is 0 Å². The number of benzene rings is 4. The van der Waals surface area contributed by atoms with Gasteiger partial charge >= 0.3 is 7.12 Å². The summed E-state index contributed by atoms with van der Waals surface area (Å²) in [5.74, 6) is -31.0. The van der Waals surface area contributed by atoms with Crippen LogP contribution in [0.4, 0.5) is 52.7 Å². The molecule has 2 nitrogen and oxygen atoms in total. The lowest BCUT2D eigenvalue weighted by atomic mass is 9.78. The first-order chi connectivity index (χ1) is 16.3. The molecule has 0 atom stereocenters. The Morgan fingerprint density at radius 3 is 1.40 bits per heavy atom. The maximum absolute atomic E-state index is 15.1. The summed E-state index contributed by atoms with van der Waals surface area (Å²) in [5, 5.41) is 2.05. The van der Waals surface area contributed by atoms with Gasteiger partial charge in [-0.1, -0.05) is 6.07 Å². The molecule has 0 aliphatic heterocycles. The standard InChI is InChI=1S/C20H3BF12O2/c22-4-2-1-3(9(23)10(4)24)21(34)35-20-8-7(15(29)18(32)19(20)33)11(25)5-6(12(8)26)14(28)17(31)16(30)13(5)27/h1-2,34H. The quantitative estimate of drug-likeness (QED) is 0.130. The smallest absolute Gasteiger partial charge is 0.530 e. The van der Waals surface area contributed by atoms with Crippen LogP contribution in [0.15, 0.2) is 12.1 Å². The molecule has 0 aliphatic rings. The van der Waals surface area contributed by atoms with E-state index in [1.807, 2.05) is 0 Å². The SMILES string of the molecule is OB(Oc1c(F)c(F)c(F)c2c(F)c3c(F)c(F)c(F)c(F)c3c(F)c12)c1ccc(F)c(F)c1F. The second-order valence-corrected chi connectivity index (χ2v) is 6.89. The van der Waals surface area contributed by atoms with E-state index in [1.54, 1.807) is 0 Å². The Labute approximate surface area is 185 Å². The summed E-state index contributed by atoms with van der Waals surface area (Å²) in [6, 6.07) is 0.598. The average molecular weight is 514 g/mol. The van der Waals surface area contributed by atoms with Crippen LogP contribution < -0.4 is 10.1 Å². The predicted molar refractivity (Wildman–Crippen MR) is 95.6 cm³/mol. The van der Waals surface area contributed by atoms with E-state index in [1.165, 1.54) is 0 Å². The van der Waals surface area contributed by atoms with Crippen LogP contribution in [0.2, 0.25) is 0 Å².